The second kappa shape index (κ2) is 12.6. The van der Waals surface area contributed by atoms with Crippen molar-refractivity contribution in [2.45, 2.75) is 88.4 Å². The summed E-state index contributed by atoms with van der Waals surface area (Å²) in [6, 6.07) is 5.63. The lowest BCUT2D eigenvalue weighted by Crippen LogP contribution is -2.58. The van der Waals surface area contributed by atoms with Gasteiger partial charge in [-0.15, -0.1) is 0 Å². The Balaban J connectivity index is 1.65. The highest BCUT2D eigenvalue weighted by Gasteiger charge is 2.77. The minimum atomic E-state index is -1.14. The highest BCUT2D eigenvalue weighted by Crippen LogP contribution is 2.60. The van der Waals surface area contributed by atoms with Gasteiger partial charge in [-0.3, -0.25) is 14.4 Å². The summed E-state index contributed by atoms with van der Waals surface area (Å²) in [5.41, 5.74) is -0.553. The molecule has 1 spiro atoms. The Labute approximate surface area is 239 Å². The molecule has 3 unspecified atom stereocenters. The van der Waals surface area contributed by atoms with Crippen LogP contribution in [0, 0.1) is 17.8 Å². The van der Waals surface area contributed by atoms with Crippen molar-refractivity contribution < 1.29 is 29.0 Å². The smallest absolute Gasteiger partial charge is 0.245 e. The number of aliphatic hydroxyl groups excluding tert-OH is 1. The molecule has 0 radical (unpaired) electrons. The molecule has 3 amide bonds. The Morgan fingerprint density at radius 1 is 1.21 bits per heavy atom. The average molecular weight is 609 g/mol. The Kier molecular flexibility index (Phi) is 9.60. The number of hydrogen-bond donors (Lipinski definition) is 3. The van der Waals surface area contributed by atoms with Crippen molar-refractivity contribution in [1.82, 2.24) is 10.2 Å². The second-order valence-corrected chi connectivity index (χ2v) is 12.5. The zero-order valence-electron chi connectivity index (χ0n) is 23.3. The Bertz CT molecular complexity index is 1040. The molecule has 4 rings (SSSR count). The Morgan fingerprint density at radius 3 is 2.54 bits per heavy atom. The van der Waals surface area contributed by atoms with Crippen molar-refractivity contribution in [3.05, 3.63) is 24.3 Å². The lowest BCUT2D eigenvalue weighted by Gasteiger charge is -2.37. The Hall–Kier alpha value is -2.17. The largest absolute Gasteiger partial charge is 0.494 e. The molecule has 1 aromatic rings. The molecule has 3 heterocycles. The van der Waals surface area contributed by atoms with Gasteiger partial charge in [-0.2, -0.15) is 0 Å². The van der Waals surface area contributed by atoms with Gasteiger partial charge in [0.05, 0.1) is 37.2 Å². The van der Waals surface area contributed by atoms with Gasteiger partial charge in [0.1, 0.15) is 17.4 Å². The number of fused-ring (bicyclic) bond motifs is 1. The number of benzene rings is 1. The molecule has 10 heteroatoms. The molecule has 7 atom stereocenters. The summed E-state index contributed by atoms with van der Waals surface area (Å²) in [4.78, 5) is 43.0. The number of rotatable bonds is 13. The first-order chi connectivity index (χ1) is 18.7. The van der Waals surface area contributed by atoms with E-state index in [-0.39, 0.29) is 35.1 Å². The summed E-state index contributed by atoms with van der Waals surface area (Å²) in [5, 5.41) is 16.3. The first-order valence-electron chi connectivity index (χ1n) is 14.2. The van der Waals surface area contributed by atoms with E-state index in [1.165, 1.54) is 4.90 Å². The number of alkyl halides is 1. The number of unbranched alkanes of at least 4 members (excludes halogenated alkanes) is 2. The SMILES string of the molecule is CCCCCNC(=O)C1N([C@@H](CO)CC(C)C)C(=O)[C@@H]2[C@H](C(=O)Nc3ccc(OCC)cc3)[C@H]3OC12CC3Br. The lowest BCUT2D eigenvalue weighted by molar-refractivity contribution is -0.145. The molecule has 3 aliphatic heterocycles. The summed E-state index contributed by atoms with van der Waals surface area (Å²) in [7, 11) is 0. The monoisotopic (exact) mass is 607 g/mol. The summed E-state index contributed by atoms with van der Waals surface area (Å²) in [6.07, 6.45) is 3.28. The molecular formula is C29H42BrN3O6. The molecule has 2 bridgehead atoms. The van der Waals surface area contributed by atoms with Crippen LogP contribution in [0.3, 0.4) is 0 Å². The minimum absolute atomic E-state index is 0.189. The maximum absolute atomic E-state index is 14.2. The van der Waals surface area contributed by atoms with Gasteiger partial charge in [0.2, 0.25) is 17.7 Å². The van der Waals surface area contributed by atoms with Crippen LogP contribution in [0.5, 0.6) is 5.75 Å². The number of aliphatic hydroxyl groups is 1. The van der Waals surface area contributed by atoms with E-state index in [0.717, 1.165) is 19.3 Å². The van der Waals surface area contributed by atoms with E-state index in [1.807, 2.05) is 20.8 Å². The van der Waals surface area contributed by atoms with Crippen LogP contribution >= 0.6 is 15.9 Å². The average Bonchev–Trinajstić information content (AvgIpc) is 3.49. The second-order valence-electron chi connectivity index (χ2n) is 11.3. The number of anilines is 1. The normalized spacial score (nSPS) is 30.0. The highest BCUT2D eigenvalue weighted by molar-refractivity contribution is 9.09. The topological polar surface area (TPSA) is 117 Å². The third-order valence-corrected chi connectivity index (χ3v) is 8.98. The first kappa shape index (κ1) is 29.8. The summed E-state index contributed by atoms with van der Waals surface area (Å²) in [5.74, 6) is -1.59. The van der Waals surface area contributed by atoms with Crippen LogP contribution in [-0.2, 0) is 19.1 Å². The molecule has 1 aromatic carbocycles. The van der Waals surface area contributed by atoms with Crippen LogP contribution in [0.25, 0.3) is 0 Å². The summed E-state index contributed by atoms with van der Waals surface area (Å²) < 4.78 is 12.0. The van der Waals surface area contributed by atoms with Crippen LogP contribution in [-0.4, -0.2) is 76.1 Å². The molecule has 0 aromatic heterocycles. The zero-order valence-corrected chi connectivity index (χ0v) is 24.9. The number of nitrogens with zero attached hydrogens (tertiary/aromatic N) is 1. The highest BCUT2D eigenvalue weighted by atomic mass is 79.9. The molecule has 3 fully saturated rings. The summed E-state index contributed by atoms with van der Waals surface area (Å²) >= 11 is 3.70. The molecule has 0 aliphatic carbocycles. The lowest BCUT2D eigenvalue weighted by atomic mass is 9.70. The van der Waals surface area contributed by atoms with E-state index in [0.29, 0.717) is 37.4 Å². The van der Waals surface area contributed by atoms with Crippen LogP contribution < -0.4 is 15.4 Å². The molecule has 0 saturated carbocycles. The van der Waals surface area contributed by atoms with Crippen LogP contribution in [0.4, 0.5) is 5.69 Å². The number of nitrogens with one attached hydrogen (secondary N) is 2. The van der Waals surface area contributed by atoms with Gasteiger partial charge >= 0.3 is 0 Å². The van der Waals surface area contributed by atoms with Crippen LogP contribution in [0.1, 0.15) is 59.8 Å². The molecule has 3 saturated heterocycles. The van der Waals surface area contributed by atoms with E-state index < -0.39 is 35.6 Å². The first-order valence-corrected chi connectivity index (χ1v) is 15.2. The van der Waals surface area contributed by atoms with Crippen molar-refractivity contribution in [3.8, 4) is 5.75 Å². The predicted molar refractivity (Wildman–Crippen MR) is 152 cm³/mol. The quantitative estimate of drug-likeness (QED) is 0.233. The standard InChI is InChI=1S/C29H42BrN3O6/c1-5-7-8-13-31-27(36)25-29-15-21(30)24(39-29)22(23(29)28(37)33(25)19(16-34)14-17(3)4)26(35)32-18-9-11-20(12-10-18)38-6-2/h9-12,17,19,21-25,34H,5-8,13-16H2,1-4H3,(H,31,36)(H,32,35)/t19-,21?,22+,23+,24+,25?,29?/m1/s1. The van der Waals surface area contributed by atoms with Gasteiger partial charge in [0.25, 0.3) is 0 Å². The van der Waals surface area contributed by atoms with E-state index in [1.54, 1.807) is 24.3 Å². The van der Waals surface area contributed by atoms with Gasteiger partial charge in [0, 0.05) is 17.1 Å². The van der Waals surface area contributed by atoms with Crippen molar-refractivity contribution in [2.24, 2.45) is 17.8 Å². The molecule has 9 nitrogen and oxygen atoms in total. The van der Waals surface area contributed by atoms with E-state index in [4.69, 9.17) is 9.47 Å². The molecule has 3 aliphatic rings. The van der Waals surface area contributed by atoms with Crippen LogP contribution in [0.2, 0.25) is 0 Å². The number of likely N-dealkylation sites (tertiary alicyclic amines) is 1. The number of halogens is 1. The minimum Gasteiger partial charge on any atom is -0.494 e. The van der Waals surface area contributed by atoms with Crippen molar-refractivity contribution in [1.29, 1.82) is 0 Å². The molecular weight excluding hydrogens is 566 g/mol. The number of carbonyl (C=O) groups excluding carboxylic acids is 3. The maximum Gasteiger partial charge on any atom is 0.245 e. The summed E-state index contributed by atoms with van der Waals surface area (Å²) in [6.45, 7) is 8.82. The fraction of sp³-hybridized carbons (Fsp3) is 0.690. The zero-order chi connectivity index (χ0) is 28.3. The number of amides is 3. The third kappa shape index (κ3) is 5.70. The van der Waals surface area contributed by atoms with E-state index in [2.05, 4.69) is 33.5 Å². The van der Waals surface area contributed by atoms with Gasteiger partial charge in [-0.05, 0) is 56.4 Å². The number of carbonyl (C=O) groups is 3. The van der Waals surface area contributed by atoms with Gasteiger partial charge < -0.3 is 30.1 Å². The predicted octanol–water partition coefficient (Wildman–Crippen LogP) is 3.49. The van der Waals surface area contributed by atoms with Crippen molar-refractivity contribution >= 4 is 39.3 Å². The van der Waals surface area contributed by atoms with E-state index in [9.17, 15) is 19.5 Å². The van der Waals surface area contributed by atoms with Gasteiger partial charge in [-0.25, -0.2) is 0 Å². The maximum atomic E-state index is 14.2. The fourth-order valence-corrected chi connectivity index (χ4v) is 7.53. The third-order valence-electron chi connectivity index (χ3n) is 8.14. The van der Waals surface area contributed by atoms with Crippen molar-refractivity contribution in [3.63, 3.8) is 0 Å². The Morgan fingerprint density at radius 2 is 1.92 bits per heavy atom. The molecule has 3 N–H and O–H groups in total. The molecule has 216 valence electrons. The number of ether oxygens (including phenoxy) is 2. The van der Waals surface area contributed by atoms with Gasteiger partial charge in [0.15, 0.2) is 0 Å². The fourth-order valence-electron chi connectivity index (χ4n) is 6.59. The van der Waals surface area contributed by atoms with Crippen molar-refractivity contribution in [2.75, 3.05) is 25.1 Å². The molecule has 39 heavy (non-hydrogen) atoms. The van der Waals surface area contributed by atoms with Crippen LogP contribution in [0.15, 0.2) is 24.3 Å². The van der Waals surface area contributed by atoms with E-state index >= 15 is 0 Å². The van der Waals surface area contributed by atoms with Gasteiger partial charge in [-0.1, -0.05) is 49.5 Å². The number of hydrogen-bond acceptors (Lipinski definition) is 6.